The lowest BCUT2D eigenvalue weighted by atomic mass is 10.1. The molecule has 1 N–H and O–H groups in total. The Balaban J connectivity index is 1.71. The molecule has 1 aromatic carbocycles. The summed E-state index contributed by atoms with van der Waals surface area (Å²) in [6.45, 7) is -0.301. The molecular weight excluding hydrogens is 416 g/mol. The molecule has 6 nitrogen and oxygen atoms in total. The summed E-state index contributed by atoms with van der Waals surface area (Å²) in [6, 6.07) is 4.47. The van der Waals surface area contributed by atoms with Gasteiger partial charge in [0.15, 0.2) is 0 Å². The molecule has 1 aromatic heterocycles. The number of amides is 3. The number of anilines is 1. The second kappa shape index (κ2) is 7.86. The quantitative estimate of drug-likeness (QED) is 0.597. The maximum absolute atomic E-state index is 13.3. The minimum atomic E-state index is -4.62. The third-order valence-corrected chi connectivity index (χ3v) is 4.96. The number of hydrogen-bond acceptors (Lipinski definition) is 3. The van der Waals surface area contributed by atoms with Crippen molar-refractivity contribution in [2.45, 2.75) is 18.8 Å². The number of nitrogens with zero attached hydrogens (tertiary/aromatic N) is 3. The monoisotopic (exact) mass is 430 g/mol. The number of carbonyl (C=O) groups excluding carboxylic acids is 2. The predicted molar refractivity (Wildman–Crippen MR) is 96.8 cm³/mol. The van der Waals surface area contributed by atoms with Crippen molar-refractivity contribution in [2.24, 2.45) is 0 Å². The molecule has 154 valence electrons. The number of aromatic nitrogens is 1. The number of hydrogen-bond donors (Lipinski definition) is 1. The fraction of sp³-hybridized carbons (Fsp3) is 0.278. The highest BCUT2D eigenvalue weighted by Crippen LogP contribution is 2.36. The lowest BCUT2D eigenvalue weighted by Crippen LogP contribution is -2.43. The fourth-order valence-electron chi connectivity index (χ4n) is 2.97. The third kappa shape index (κ3) is 4.26. The summed E-state index contributed by atoms with van der Waals surface area (Å²) in [5.41, 5.74) is -0.662. The van der Waals surface area contributed by atoms with Crippen LogP contribution in [0.3, 0.4) is 0 Å². The summed E-state index contributed by atoms with van der Waals surface area (Å²) in [7, 11) is 1.40. The van der Waals surface area contributed by atoms with Crippen molar-refractivity contribution >= 4 is 29.2 Å². The van der Waals surface area contributed by atoms with Gasteiger partial charge in [-0.1, -0.05) is 23.7 Å². The van der Waals surface area contributed by atoms with Crippen LogP contribution in [-0.2, 0) is 17.5 Å². The van der Waals surface area contributed by atoms with Crippen molar-refractivity contribution < 1.29 is 27.2 Å². The van der Waals surface area contributed by atoms with Crippen molar-refractivity contribution in [3.05, 3.63) is 58.6 Å². The van der Waals surface area contributed by atoms with E-state index in [1.54, 1.807) is 0 Å². The van der Waals surface area contributed by atoms with Crippen LogP contribution < -0.4 is 10.2 Å². The van der Waals surface area contributed by atoms with Crippen molar-refractivity contribution in [2.75, 3.05) is 18.5 Å². The van der Waals surface area contributed by atoms with Crippen LogP contribution >= 0.6 is 11.6 Å². The van der Waals surface area contributed by atoms with E-state index < -0.39 is 40.7 Å². The van der Waals surface area contributed by atoms with Gasteiger partial charge in [-0.3, -0.25) is 9.69 Å². The molecule has 2 aromatic rings. The van der Waals surface area contributed by atoms with Crippen LogP contribution in [0.25, 0.3) is 0 Å². The Hall–Kier alpha value is -2.88. The summed E-state index contributed by atoms with van der Waals surface area (Å²) < 4.78 is 52.2. The van der Waals surface area contributed by atoms with E-state index in [1.807, 2.05) is 0 Å². The summed E-state index contributed by atoms with van der Waals surface area (Å²) in [5.74, 6) is -1.35. The fourth-order valence-corrected chi connectivity index (χ4v) is 3.27. The minimum Gasteiger partial charge on any atom is -0.350 e. The first-order valence-corrected chi connectivity index (χ1v) is 8.75. The highest BCUT2D eigenvalue weighted by Gasteiger charge is 2.40. The van der Waals surface area contributed by atoms with Crippen molar-refractivity contribution in [1.82, 2.24) is 15.2 Å². The molecule has 1 aliphatic heterocycles. The van der Waals surface area contributed by atoms with Gasteiger partial charge in [0.1, 0.15) is 6.04 Å². The Labute approximate surface area is 168 Å². The van der Waals surface area contributed by atoms with E-state index >= 15 is 0 Å². The standard InChI is InChI=1S/C18H15ClF4N4O2/c1-26-13(9-27(17(26)29)11-5-6-24-14(20)7-11)16(28)25-8-10-3-2-4-12(15(10)19)18(21,22)23/h2-7,13H,8-9H2,1H3,(H,25,28)/t13-/m0/s1. The van der Waals surface area contributed by atoms with Gasteiger partial charge in [0.25, 0.3) is 0 Å². The topological polar surface area (TPSA) is 65.5 Å². The van der Waals surface area contributed by atoms with Crippen LogP contribution in [0.1, 0.15) is 11.1 Å². The van der Waals surface area contributed by atoms with E-state index in [4.69, 9.17) is 11.6 Å². The molecule has 1 aliphatic rings. The van der Waals surface area contributed by atoms with Gasteiger partial charge in [0, 0.05) is 25.9 Å². The molecule has 0 spiro atoms. The van der Waals surface area contributed by atoms with Crippen molar-refractivity contribution in [3.8, 4) is 0 Å². The number of nitrogens with one attached hydrogen (secondary N) is 1. The molecule has 0 bridgehead atoms. The smallest absolute Gasteiger partial charge is 0.350 e. The summed E-state index contributed by atoms with van der Waals surface area (Å²) in [5, 5.41) is 2.00. The van der Waals surface area contributed by atoms with Crippen molar-refractivity contribution in [1.29, 1.82) is 0 Å². The van der Waals surface area contributed by atoms with Crippen LogP contribution in [0.5, 0.6) is 0 Å². The largest absolute Gasteiger partial charge is 0.417 e. The number of carbonyl (C=O) groups is 2. The first-order chi connectivity index (χ1) is 13.6. The molecule has 11 heteroatoms. The average Bonchev–Trinajstić information content (AvgIpc) is 2.95. The average molecular weight is 431 g/mol. The van der Waals surface area contributed by atoms with Gasteiger partial charge < -0.3 is 10.2 Å². The van der Waals surface area contributed by atoms with Gasteiger partial charge in [0.2, 0.25) is 11.9 Å². The zero-order valence-corrected chi connectivity index (χ0v) is 15.8. The Morgan fingerprint density at radius 3 is 2.72 bits per heavy atom. The molecule has 0 aliphatic carbocycles. The maximum atomic E-state index is 13.3. The maximum Gasteiger partial charge on any atom is 0.417 e. The van der Waals surface area contributed by atoms with Crippen LogP contribution in [0, 0.1) is 5.95 Å². The van der Waals surface area contributed by atoms with Crippen LogP contribution in [-0.4, -0.2) is 41.5 Å². The predicted octanol–water partition coefficient (Wildman–Crippen LogP) is 3.45. The van der Waals surface area contributed by atoms with Gasteiger partial charge >= 0.3 is 12.2 Å². The van der Waals surface area contributed by atoms with Gasteiger partial charge in [-0.15, -0.1) is 0 Å². The Kier molecular flexibility index (Phi) is 5.65. The highest BCUT2D eigenvalue weighted by atomic mass is 35.5. The van der Waals surface area contributed by atoms with E-state index in [0.717, 1.165) is 12.1 Å². The Morgan fingerprint density at radius 2 is 2.07 bits per heavy atom. The number of alkyl halides is 3. The molecular formula is C18H15ClF4N4O2. The number of likely N-dealkylation sites (N-methyl/N-ethyl adjacent to an activating group) is 1. The number of rotatable bonds is 4. The van der Waals surface area contributed by atoms with Gasteiger partial charge in [-0.2, -0.15) is 17.6 Å². The molecule has 1 saturated heterocycles. The second-order valence-corrected chi connectivity index (χ2v) is 6.73. The Morgan fingerprint density at radius 1 is 1.34 bits per heavy atom. The van der Waals surface area contributed by atoms with Gasteiger partial charge in [-0.25, -0.2) is 9.78 Å². The Bertz CT molecular complexity index is 954. The van der Waals surface area contributed by atoms with Crippen LogP contribution in [0.2, 0.25) is 5.02 Å². The van der Waals surface area contributed by atoms with E-state index in [1.165, 1.54) is 41.2 Å². The van der Waals surface area contributed by atoms with E-state index in [-0.39, 0.29) is 24.3 Å². The number of halogens is 5. The van der Waals surface area contributed by atoms with Crippen LogP contribution in [0.15, 0.2) is 36.5 Å². The molecule has 0 saturated carbocycles. The first-order valence-electron chi connectivity index (χ1n) is 8.37. The number of urea groups is 1. The van der Waals surface area contributed by atoms with Crippen LogP contribution in [0.4, 0.5) is 28.0 Å². The summed E-state index contributed by atoms with van der Waals surface area (Å²) in [4.78, 5) is 30.7. The molecule has 1 atom stereocenters. The van der Waals surface area contributed by atoms with E-state index in [2.05, 4.69) is 10.3 Å². The zero-order chi connectivity index (χ0) is 21.3. The van der Waals surface area contributed by atoms with Crippen molar-refractivity contribution in [3.63, 3.8) is 0 Å². The molecule has 0 unspecified atom stereocenters. The molecule has 1 fully saturated rings. The minimum absolute atomic E-state index is 0.0546. The number of benzene rings is 1. The third-order valence-electron chi connectivity index (χ3n) is 4.52. The zero-order valence-electron chi connectivity index (χ0n) is 15.0. The summed E-state index contributed by atoms with van der Waals surface area (Å²) >= 11 is 5.82. The lowest BCUT2D eigenvalue weighted by Gasteiger charge is -2.18. The molecule has 29 heavy (non-hydrogen) atoms. The molecule has 3 amide bonds. The summed E-state index contributed by atoms with van der Waals surface area (Å²) in [6.07, 6.45) is -3.42. The number of pyridine rings is 1. The normalized spacial score (nSPS) is 17.0. The van der Waals surface area contributed by atoms with Gasteiger partial charge in [0.05, 0.1) is 22.8 Å². The molecule has 3 rings (SSSR count). The molecule has 0 radical (unpaired) electrons. The second-order valence-electron chi connectivity index (χ2n) is 6.35. The van der Waals surface area contributed by atoms with E-state index in [0.29, 0.717) is 0 Å². The molecule has 2 heterocycles. The highest BCUT2D eigenvalue weighted by molar-refractivity contribution is 6.32. The van der Waals surface area contributed by atoms with Gasteiger partial charge in [-0.05, 0) is 17.7 Å². The van der Waals surface area contributed by atoms with E-state index in [9.17, 15) is 27.2 Å². The lowest BCUT2D eigenvalue weighted by molar-refractivity contribution is -0.137. The first kappa shape index (κ1) is 20.8. The SMILES string of the molecule is CN1C(=O)N(c2ccnc(F)c2)C[C@H]1C(=O)NCc1cccc(C(F)(F)F)c1Cl.